The summed E-state index contributed by atoms with van der Waals surface area (Å²) in [5, 5.41) is 5.19. The largest absolute Gasteiger partial charge is 0.379 e. The van der Waals surface area contributed by atoms with Gasteiger partial charge in [0.2, 0.25) is 5.91 Å². The Balaban J connectivity index is 1.46. The van der Waals surface area contributed by atoms with Gasteiger partial charge in [-0.05, 0) is 55.3 Å². The van der Waals surface area contributed by atoms with Crippen molar-refractivity contribution >= 4 is 22.6 Å². The van der Waals surface area contributed by atoms with Crippen molar-refractivity contribution in [1.82, 2.24) is 20.1 Å². The van der Waals surface area contributed by atoms with Crippen molar-refractivity contribution in [2.24, 2.45) is 13.0 Å². The molecule has 0 radical (unpaired) electrons. The van der Waals surface area contributed by atoms with Gasteiger partial charge in [-0.15, -0.1) is 0 Å². The Morgan fingerprint density at radius 2 is 2.03 bits per heavy atom. The molecule has 0 spiro atoms. The smallest absolute Gasteiger partial charge is 0.275 e. The number of benzene rings is 1. The fourth-order valence-electron chi connectivity index (χ4n) is 4.31. The number of amides is 2. The van der Waals surface area contributed by atoms with Gasteiger partial charge in [0.05, 0.1) is 5.69 Å². The number of pyridine rings is 1. The molecule has 1 aromatic carbocycles. The SMILES string of the molecule is Cc1cc(C(C(=O)N2CCCC2C(=O)NOc2ccc3c(=O)n(C)ccc3c2)C(C)C)on1. The number of hydroxylamine groups is 1. The summed E-state index contributed by atoms with van der Waals surface area (Å²) in [6.45, 7) is 6.19. The second-order valence-corrected chi connectivity index (χ2v) is 8.83. The summed E-state index contributed by atoms with van der Waals surface area (Å²) in [6.07, 6.45) is 2.95. The Hall–Kier alpha value is -3.62. The number of likely N-dealkylation sites (tertiary alicyclic amines) is 1. The number of hydrogen-bond acceptors (Lipinski definition) is 6. The van der Waals surface area contributed by atoms with Gasteiger partial charge in [0.1, 0.15) is 17.7 Å². The highest BCUT2D eigenvalue weighted by Crippen LogP contribution is 2.31. The van der Waals surface area contributed by atoms with E-state index in [0.717, 1.165) is 6.42 Å². The number of rotatable bonds is 6. The van der Waals surface area contributed by atoms with Gasteiger partial charge in [-0.1, -0.05) is 19.0 Å². The van der Waals surface area contributed by atoms with Crippen molar-refractivity contribution in [1.29, 1.82) is 0 Å². The molecule has 4 rings (SSSR count). The van der Waals surface area contributed by atoms with E-state index in [-0.39, 0.29) is 23.3 Å². The molecule has 3 aromatic rings. The molecule has 2 unspecified atom stereocenters. The summed E-state index contributed by atoms with van der Waals surface area (Å²) in [7, 11) is 1.69. The lowest BCUT2D eigenvalue weighted by atomic mass is 9.91. The maximum atomic E-state index is 13.4. The van der Waals surface area contributed by atoms with E-state index in [4.69, 9.17) is 9.36 Å². The monoisotopic (exact) mass is 452 g/mol. The number of nitrogens with one attached hydrogen (secondary N) is 1. The molecule has 174 valence electrons. The number of fused-ring (bicyclic) bond motifs is 1. The molecule has 33 heavy (non-hydrogen) atoms. The van der Waals surface area contributed by atoms with E-state index in [1.807, 2.05) is 20.8 Å². The van der Waals surface area contributed by atoms with E-state index in [1.54, 1.807) is 48.5 Å². The molecule has 1 saturated heterocycles. The molecule has 2 amide bonds. The predicted octanol–water partition coefficient (Wildman–Crippen LogP) is 2.68. The van der Waals surface area contributed by atoms with Crippen molar-refractivity contribution in [3.63, 3.8) is 0 Å². The molecule has 3 heterocycles. The van der Waals surface area contributed by atoms with Crippen LogP contribution in [0.1, 0.15) is 44.1 Å². The fourth-order valence-corrected chi connectivity index (χ4v) is 4.31. The van der Waals surface area contributed by atoms with Crippen LogP contribution in [0.15, 0.2) is 45.8 Å². The van der Waals surface area contributed by atoms with Crippen LogP contribution >= 0.6 is 0 Å². The van der Waals surface area contributed by atoms with Crippen molar-refractivity contribution in [3.8, 4) is 5.75 Å². The van der Waals surface area contributed by atoms with Gasteiger partial charge in [-0.25, -0.2) is 0 Å². The van der Waals surface area contributed by atoms with Crippen molar-refractivity contribution in [3.05, 3.63) is 58.3 Å². The van der Waals surface area contributed by atoms with Crippen molar-refractivity contribution in [2.75, 3.05) is 6.54 Å². The minimum Gasteiger partial charge on any atom is -0.379 e. The predicted molar refractivity (Wildman–Crippen MR) is 122 cm³/mol. The topological polar surface area (TPSA) is 107 Å². The van der Waals surface area contributed by atoms with E-state index in [1.165, 1.54) is 4.57 Å². The first-order chi connectivity index (χ1) is 15.8. The van der Waals surface area contributed by atoms with E-state index in [9.17, 15) is 14.4 Å². The Morgan fingerprint density at radius 1 is 1.24 bits per heavy atom. The molecule has 2 atom stereocenters. The second-order valence-electron chi connectivity index (χ2n) is 8.83. The normalized spacial score (nSPS) is 16.9. The summed E-state index contributed by atoms with van der Waals surface area (Å²) >= 11 is 0. The molecule has 9 heteroatoms. The summed E-state index contributed by atoms with van der Waals surface area (Å²) in [5.74, 6) is -0.157. The van der Waals surface area contributed by atoms with Crippen molar-refractivity contribution in [2.45, 2.75) is 45.6 Å². The van der Waals surface area contributed by atoms with Crippen LogP contribution in [0.25, 0.3) is 10.8 Å². The minimum atomic E-state index is -0.629. The molecular formula is C24H28N4O5. The Morgan fingerprint density at radius 3 is 2.73 bits per heavy atom. The summed E-state index contributed by atoms with van der Waals surface area (Å²) in [5.41, 5.74) is 3.08. The van der Waals surface area contributed by atoms with Crippen LogP contribution in [0.5, 0.6) is 5.75 Å². The lowest BCUT2D eigenvalue weighted by Crippen LogP contribution is -2.48. The molecule has 0 aliphatic carbocycles. The summed E-state index contributed by atoms with van der Waals surface area (Å²) < 4.78 is 6.87. The molecule has 0 saturated carbocycles. The number of hydrogen-bond donors (Lipinski definition) is 1. The maximum Gasteiger partial charge on any atom is 0.275 e. The zero-order chi connectivity index (χ0) is 23.7. The van der Waals surface area contributed by atoms with E-state index in [2.05, 4.69) is 10.6 Å². The molecule has 1 aliphatic heterocycles. The quantitative estimate of drug-likeness (QED) is 0.577. The third-order valence-corrected chi connectivity index (χ3v) is 6.04. The first-order valence-electron chi connectivity index (χ1n) is 11.1. The highest BCUT2D eigenvalue weighted by molar-refractivity contribution is 5.91. The van der Waals surface area contributed by atoms with Crippen LogP contribution in [-0.4, -0.2) is 39.0 Å². The molecule has 1 fully saturated rings. The third-order valence-electron chi connectivity index (χ3n) is 6.04. The summed E-state index contributed by atoms with van der Waals surface area (Å²) in [6, 6.07) is 7.93. The standard InChI is InChI=1S/C24H28N4O5/c1-14(2)21(20-12-15(3)25-33-20)24(31)28-10-5-6-19(28)22(29)26-32-17-7-8-18-16(13-17)9-11-27(4)23(18)30/h7-9,11-14,19,21H,5-6,10H2,1-4H3,(H,26,29). The summed E-state index contributed by atoms with van der Waals surface area (Å²) in [4.78, 5) is 45.6. The average Bonchev–Trinajstić information content (AvgIpc) is 3.44. The lowest BCUT2D eigenvalue weighted by Gasteiger charge is -2.28. The Kier molecular flexibility index (Phi) is 6.22. The van der Waals surface area contributed by atoms with Crippen molar-refractivity contribution < 1.29 is 18.9 Å². The van der Waals surface area contributed by atoms with Gasteiger partial charge in [-0.3, -0.25) is 14.4 Å². The van der Waals surface area contributed by atoms with Crippen LogP contribution in [0.2, 0.25) is 0 Å². The molecule has 1 aliphatic rings. The minimum absolute atomic E-state index is 0.0179. The number of aryl methyl sites for hydroxylation is 2. The van der Waals surface area contributed by atoms with Crippen LogP contribution in [0.3, 0.4) is 0 Å². The Bertz CT molecular complexity index is 1250. The average molecular weight is 453 g/mol. The zero-order valence-electron chi connectivity index (χ0n) is 19.2. The van der Waals surface area contributed by atoms with Crippen LogP contribution < -0.4 is 15.9 Å². The van der Waals surface area contributed by atoms with Gasteiger partial charge < -0.3 is 18.8 Å². The molecular weight excluding hydrogens is 424 g/mol. The maximum absolute atomic E-state index is 13.4. The van der Waals surface area contributed by atoms with E-state index < -0.39 is 12.0 Å². The molecule has 1 N–H and O–H groups in total. The van der Waals surface area contributed by atoms with E-state index in [0.29, 0.717) is 40.9 Å². The lowest BCUT2D eigenvalue weighted by molar-refractivity contribution is -0.143. The first-order valence-corrected chi connectivity index (χ1v) is 11.1. The van der Waals surface area contributed by atoms with E-state index >= 15 is 0 Å². The highest BCUT2D eigenvalue weighted by atomic mass is 16.7. The number of carbonyl (C=O) groups excluding carboxylic acids is 2. The van der Waals surface area contributed by atoms with Crippen LogP contribution in [0, 0.1) is 12.8 Å². The molecule has 9 nitrogen and oxygen atoms in total. The van der Waals surface area contributed by atoms with Gasteiger partial charge in [0.15, 0.2) is 5.75 Å². The van der Waals surface area contributed by atoms with Gasteiger partial charge >= 0.3 is 0 Å². The van der Waals surface area contributed by atoms with Gasteiger partial charge in [-0.2, -0.15) is 5.48 Å². The highest BCUT2D eigenvalue weighted by Gasteiger charge is 2.40. The molecule has 2 aromatic heterocycles. The van der Waals surface area contributed by atoms with Crippen LogP contribution in [0.4, 0.5) is 0 Å². The molecule has 0 bridgehead atoms. The van der Waals surface area contributed by atoms with Gasteiger partial charge in [0.25, 0.3) is 11.5 Å². The Labute approximate surface area is 191 Å². The van der Waals surface area contributed by atoms with Crippen LogP contribution in [-0.2, 0) is 16.6 Å². The second kappa shape index (κ2) is 9.09. The number of carbonyl (C=O) groups is 2. The zero-order valence-corrected chi connectivity index (χ0v) is 19.2. The number of aromatic nitrogens is 2. The fraction of sp³-hybridized carbons (Fsp3) is 0.417. The number of nitrogens with zero attached hydrogens (tertiary/aromatic N) is 3. The van der Waals surface area contributed by atoms with Gasteiger partial charge in [0, 0.05) is 31.2 Å². The first kappa shape index (κ1) is 22.6. The third kappa shape index (κ3) is 4.48.